The van der Waals surface area contributed by atoms with E-state index in [1.807, 2.05) is 72.8 Å². The maximum absolute atomic E-state index is 13.4. The molecular formula is C30H29N3O3. The van der Waals surface area contributed by atoms with E-state index in [1.165, 1.54) is 5.56 Å². The van der Waals surface area contributed by atoms with E-state index in [0.717, 1.165) is 24.9 Å². The molecule has 0 bridgehead atoms. The van der Waals surface area contributed by atoms with Crippen molar-refractivity contribution in [1.29, 1.82) is 0 Å². The summed E-state index contributed by atoms with van der Waals surface area (Å²) in [5.74, 6) is 1.23. The first-order chi connectivity index (χ1) is 17.6. The molecule has 0 aliphatic carbocycles. The number of hydrogen-bond acceptors (Lipinski definition) is 4. The number of carboxylic acids is 1. The van der Waals surface area contributed by atoms with Crippen molar-refractivity contribution in [3.63, 3.8) is 0 Å². The molecule has 2 atom stereocenters. The van der Waals surface area contributed by atoms with E-state index in [0.29, 0.717) is 23.5 Å². The fraction of sp³-hybridized carbons (Fsp3) is 0.233. The number of carbonyl (C=O) groups excluding carboxylic acids is 1. The third-order valence-corrected chi connectivity index (χ3v) is 6.26. The normalized spacial score (nSPS) is 16.8. The van der Waals surface area contributed by atoms with E-state index < -0.39 is 12.0 Å². The second-order valence-electron chi connectivity index (χ2n) is 8.75. The average molecular weight is 480 g/mol. The number of anilines is 1. The number of rotatable bonds is 9. The van der Waals surface area contributed by atoms with Crippen molar-refractivity contribution < 1.29 is 14.7 Å². The summed E-state index contributed by atoms with van der Waals surface area (Å²) in [6, 6.07) is 25.5. The standard InChI is InChI=1S/C30H29N3O3/c1-2-12-26(30(35)36)31-28(23-15-7-4-8-16-23)24-17-9-10-18-25(24)32-29(34)27-19-11-20-33(27)21-22-13-5-3-6-14-22/h1,3-10,13-18,26-27H,11-12,19-21H2,(H,32,34)(H,35,36)/t26-,27-/m1/s1. The van der Waals surface area contributed by atoms with Crippen LogP contribution in [-0.4, -0.2) is 46.2 Å². The molecule has 0 spiro atoms. The predicted molar refractivity (Wildman–Crippen MR) is 142 cm³/mol. The highest BCUT2D eigenvalue weighted by molar-refractivity contribution is 6.17. The number of terminal acetylenes is 1. The minimum Gasteiger partial charge on any atom is -0.480 e. The molecule has 4 rings (SSSR count). The van der Waals surface area contributed by atoms with Gasteiger partial charge in [-0.15, -0.1) is 12.3 Å². The number of hydrogen-bond donors (Lipinski definition) is 2. The Morgan fingerprint density at radius 3 is 2.39 bits per heavy atom. The molecule has 0 radical (unpaired) electrons. The van der Waals surface area contributed by atoms with Gasteiger partial charge in [-0.3, -0.25) is 14.7 Å². The lowest BCUT2D eigenvalue weighted by Gasteiger charge is -2.24. The summed E-state index contributed by atoms with van der Waals surface area (Å²) in [7, 11) is 0. The summed E-state index contributed by atoms with van der Waals surface area (Å²) in [5, 5.41) is 12.8. The number of nitrogens with one attached hydrogen (secondary N) is 1. The number of aliphatic imine (C=N–C) groups is 1. The zero-order valence-corrected chi connectivity index (χ0v) is 20.0. The molecule has 0 saturated carbocycles. The maximum Gasteiger partial charge on any atom is 0.329 e. The summed E-state index contributed by atoms with van der Waals surface area (Å²) in [6.07, 6.45) is 7.11. The second kappa shape index (κ2) is 12.0. The first-order valence-electron chi connectivity index (χ1n) is 12.0. The zero-order valence-electron chi connectivity index (χ0n) is 20.0. The van der Waals surface area contributed by atoms with Gasteiger partial charge in [0.05, 0.1) is 17.4 Å². The molecule has 0 unspecified atom stereocenters. The summed E-state index contributed by atoms with van der Waals surface area (Å²) in [5.41, 5.74) is 3.62. The summed E-state index contributed by atoms with van der Waals surface area (Å²) < 4.78 is 0. The Bertz CT molecular complexity index is 1270. The molecule has 2 N–H and O–H groups in total. The molecule has 1 heterocycles. The lowest BCUT2D eigenvalue weighted by atomic mass is 9.99. The van der Waals surface area contributed by atoms with Crippen molar-refractivity contribution in [3.05, 3.63) is 102 Å². The van der Waals surface area contributed by atoms with Crippen LogP contribution in [0.1, 0.15) is 36.0 Å². The Labute approximate surface area is 211 Å². The van der Waals surface area contributed by atoms with E-state index >= 15 is 0 Å². The van der Waals surface area contributed by atoms with E-state index in [4.69, 9.17) is 6.42 Å². The Balaban J connectivity index is 1.64. The fourth-order valence-electron chi connectivity index (χ4n) is 4.50. The number of para-hydroxylation sites is 1. The molecule has 1 aliphatic heterocycles. The molecule has 1 aliphatic rings. The minimum atomic E-state index is -1.09. The van der Waals surface area contributed by atoms with Crippen molar-refractivity contribution >= 4 is 23.3 Å². The molecule has 182 valence electrons. The van der Waals surface area contributed by atoms with Crippen LogP contribution in [0.5, 0.6) is 0 Å². The number of carboxylic acid groups (broad SMARTS) is 1. The molecule has 1 amide bonds. The van der Waals surface area contributed by atoms with Gasteiger partial charge in [0.15, 0.2) is 6.04 Å². The average Bonchev–Trinajstić information content (AvgIpc) is 3.36. The monoisotopic (exact) mass is 479 g/mol. The summed E-state index contributed by atoms with van der Waals surface area (Å²) in [4.78, 5) is 32.0. The highest BCUT2D eigenvalue weighted by atomic mass is 16.4. The molecule has 6 heteroatoms. The maximum atomic E-state index is 13.4. The molecule has 6 nitrogen and oxygen atoms in total. The largest absolute Gasteiger partial charge is 0.480 e. The highest BCUT2D eigenvalue weighted by Gasteiger charge is 2.31. The SMILES string of the molecule is C#CC[C@@H](N=C(c1ccccc1)c1ccccc1NC(=O)[C@H]1CCCN1Cc1ccccc1)C(=O)O. The lowest BCUT2D eigenvalue weighted by Crippen LogP contribution is -2.39. The minimum absolute atomic E-state index is 0.0310. The van der Waals surface area contributed by atoms with Crippen molar-refractivity contribution in [2.75, 3.05) is 11.9 Å². The Kier molecular flexibility index (Phi) is 8.28. The quantitative estimate of drug-likeness (QED) is 0.347. The van der Waals surface area contributed by atoms with Gasteiger partial charge in [-0.25, -0.2) is 4.79 Å². The molecule has 1 fully saturated rings. The summed E-state index contributed by atoms with van der Waals surface area (Å²) >= 11 is 0. The first-order valence-corrected chi connectivity index (χ1v) is 12.0. The van der Waals surface area contributed by atoms with E-state index in [-0.39, 0.29) is 18.4 Å². The van der Waals surface area contributed by atoms with Crippen molar-refractivity contribution in [3.8, 4) is 12.3 Å². The van der Waals surface area contributed by atoms with Gasteiger partial charge < -0.3 is 10.4 Å². The molecule has 0 aromatic heterocycles. The number of carbonyl (C=O) groups is 2. The van der Waals surface area contributed by atoms with Gasteiger partial charge in [-0.2, -0.15) is 0 Å². The summed E-state index contributed by atoms with van der Waals surface area (Å²) in [6.45, 7) is 1.57. The van der Waals surface area contributed by atoms with Gasteiger partial charge in [0, 0.05) is 24.1 Å². The Morgan fingerprint density at radius 1 is 1.03 bits per heavy atom. The van der Waals surface area contributed by atoms with Crippen LogP contribution in [0.25, 0.3) is 0 Å². The van der Waals surface area contributed by atoms with Crippen LogP contribution in [0.4, 0.5) is 5.69 Å². The number of nitrogens with zero attached hydrogens (tertiary/aromatic N) is 2. The van der Waals surface area contributed by atoms with Crippen LogP contribution < -0.4 is 5.32 Å². The molecular weight excluding hydrogens is 450 g/mol. The van der Waals surface area contributed by atoms with E-state index in [9.17, 15) is 14.7 Å². The van der Waals surface area contributed by atoms with E-state index in [1.54, 1.807) is 0 Å². The van der Waals surface area contributed by atoms with Crippen LogP contribution in [-0.2, 0) is 16.1 Å². The van der Waals surface area contributed by atoms with E-state index in [2.05, 4.69) is 33.3 Å². The predicted octanol–water partition coefficient (Wildman–Crippen LogP) is 4.60. The van der Waals surface area contributed by atoms with Crippen LogP contribution in [0.3, 0.4) is 0 Å². The van der Waals surface area contributed by atoms with Crippen molar-refractivity contribution in [2.24, 2.45) is 4.99 Å². The number of likely N-dealkylation sites (tertiary alicyclic amines) is 1. The van der Waals surface area contributed by atoms with Crippen LogP contribution in [0, 0.1) is 12.3 Å². The highest BCUT2D eigenvalue weighted by Crippen LogP contribution is 2.25. The molecule has 1 saturated heterocycles. The molecule has 3 aromatic carbocycles. The van der Waals surface area contributed by atoms with Gasteiger partial charge in [-0.05, 0) is 31.0 Å². The number of benzene rings is 3. The van der Waals surface area contributed by atoms with Gasteiger partial charge in [-0.1, -0.05) is 78.9 Å². The van der Waals surface area contributed by atoms with Gasteiger partial charge in [0.1, 0.15) is 0 Å². The van der Waals surface area contributed by atoms with Gasteiger partial charge in [0.25, 0.3) is 0 Å². The topological polar surface area (TPSA) is 82.0 Å². The van der Waals surface area contributed by atoms with Crippen LogP contribution >= 0.6 is 0 Å². The third kappa shape index (κ3) is 6.07. The zero-order chi connectivity index (χ0) is 25.3. The Morgan fingerprint density at radius 2 is 1.69 bits per heavy atom. The third-order valence-electron chi connectivity index (χ3n) is 6.26. The van der Waals surface area contributed by atoms with Crippen LogP contribution in [0.2, 0.25) is 0 Å². The van der Waals surface area contributed by atoms with Crippen molar-refractivity contribution in [2.45, 2.75) is 37.9 Å². The van der Waals surface area contributed by atoms with Crippen molar-refractivity contribution in [1.82, 2.24) is 4.90 Å². The van der Waals surface area contributed by atoms with Gasteiger partial charge >= 0.3 is 5.97 Å². The lowest BCUT2D eigenvalue weighted by molar-refractivity contribution is -0.138. The number of amides is 1. The van der Waals surface area contributed by atoms with Gasteiger partial charge in [0.2, 0.25) is 5.91 Å². The van der Waals surface area contributed by atoms with Crippen LogP contribution in [0.15, 0.2) is 89.9 Å². The second-order valence-corrected chi connectivity index (χ2v) is 8.75. The molecule has 3 aromatic rings. The smallest absolute Gasteiger partial charge is 0.329 e. The Hall–Kier alpha value is -4.21. The molecule has 36 heavy (non-hydrogen) atoms. The number of aliphatic carboxylic acids is 1. The fourth-order valence-corrected chi connectivity index (χ4v) is 4.50. The first kappa shape index (κ1) is 24.9.